The molecular formula is C12H13NO5. The van der Waals surface area contributed by atoms with Crippen LogP contribution in [0.3, 0.4) is 0 Å². The minimum Gasteiger partial charge on any atom is -0.478 e. The number of carboxylic acids is 1. The molecule has 1 unspecified atom stereocenters. The van der Waals surface area contributed by atoms with Crippen LogP contribution in [0.5, 0.6) is 5.75 Å². The normalized spacial score (nSPS) is 16.1. The van der Waals surface area contributed by atoms with Crippen LogP contribution in [0.1, 0.15) is 18.4 Å². The van der Waals surface area contributed by atoms with E-state index in [0.717, 1.165) is 12.8 Å². The van der Waals surface area contributed by atoms with Crippen LogP contribution in [0.2, 0.25) is 0 Å². The molecule has 0 bridgehead atoms. The van der Waals surface area contributed by atoms with Crippen molar-refractivity contribution >= 4 is 11.7 Å². The minimum absolute atomic E-state index is 0.0401. The molecule has 0 radical (unpaired) electrons. The summed E-state index contributed by atoms with van der Waals surface area (Å²) in [6.45, 7) is 1.66. The molecule has 0 aromatic heterocycles. The first kappa shape index (κ1) is 12.3. The van der Waals surface area contributed by atoms with Gasteiger partial charge in [0.2, 0.25) is 5.75 Å². The second-order valence-corrected chi connectivity index (χ2v) is 4.39. The second kappa shape index (κ2) is 4.64. The zero-order valence-corrected chi connectivity index (χ0v) is 9.83. The molecule has 1 aliphatic carbocycles. The summed E-state index contributed by atoms with van der Waals surface area (Å²) in [5.41, 5.74) is 0.373. The van der Waals surface area contributed by atoms with Crippen LogP contribution in [-0.2, 0) is 4.79 Å². The Labute approximate surface area is 103 Å². The van der Waals surface area contributed by atoms with E-state index in [1.165, 1.54) is 6.07 Å². The predicted octanol–water partition coefficient (Wildman–Crippen LogP) is 2.15. The summed E-state index contributed by atoms with van der Waals surface area (Å²) in [6.07, 6.45) is 0.581. The third-order valence-electron chi connectivity index (χ3n) is 2.93. The summed E-state index contributed by atoms with van der Waals surface area (Å²) in [7, 11) is 0. The highest BCUT2D eigenvalue weighted by Gasteiger charge is 2.39. The lowest BCUT2D eigenvalue weighted by Crippen LogP contribution is -2.29. The van der Waals surface area contributed by atoms with E-state index in [9.17, 15) is 14.9 Å². The first-order valence-electron chi connectivity index (χ1n) is 5.64. The molecule has 1 saturated carbocycles. The van der Waals surface area contributed by atoms with Gasteiger partial charge < -0.3 is 9.84 Å². The number of benzene rings is 1. The summed E-state index contributed by atoms with van der Waals surface area (Å²) in [5.74, 6) is -1.06. The van der Waals surface area contributed by atoms with Gasteiger partial charge in [0.15, 0.2) is 6.10 Å². The summed E-state index contributed by atoms with van der Waals surface area (Å²) in [4.78, 5) is 21.4. The largest absolute Gasteiger partial charge is 0.478 e. The molecule has 1 N–H and O–H groups in total. The van der Waals surface area contributed by atoms with Crippen molar-refractivity contribution in [2.75, 3.05) is 0 Å². The highest BCUT2D eigenvalue weighted by atomic mass is 16.6. The van der Waals surface area contributed by atoms with E-state index >= 15 is 0 Å². The van der Waals surface area contributed by atoms with E-state index in [-0.39, 0.29) is 17.4 Å². The van der Waals surface area contributed by atoms with Crippen LogP contribution >= 0.6 is 0 Å². The van der Waals surface area contributed by atoms with E-state index in [4.69, 9.17) is 9.84 Å². The standard InChI is InChI=1S/C12H13NO5/c1-7-3-2-4-9(13(16)17)10(7)18-11(12(14)15)8-5-6-8/h2-4,8,11H,5-6H2,1H3,(H,14,15). The molecule has 1 atom stereocenters. The van der Waals surface area contributed by atoms with Gasteiger partial charge in [-0.15, -0.1) is 0 Å². The molecule has 1 aromatic rings. The van der Waals surface area contributed by atoms with Gasteiger partial charge in [0, 0.05) is 12.0 Å². The maximum Gasteiger partial charge on any atom is 0.345 e. The van der Waals surface area contributed by atoms with Gasteiger partial charge in [0.25, 0.3) is 0 Å². The molecule has 0 aliphatic heterocycles. The van der Waals surface area contributed by atoms with Crippen molar-refractivity contribution < 1.29 is 19.6 Å². The molecule has 2 rings (SSSR count). The lowest BCUT2D eigenvalue weighted by atomic mass is 10.1. The van der Waals surface area contributed by atoms with Crippen LogP contribution in [0, 0.1) is 23.0 Å². The van der Waals surface area contributed by atoms with Crippen molar-refractivity contribution in [2.45, 2.75) is 25.9 Å². The number of aliphatic carboxylic acids is 1. The summed E-state index contributed by atoms with van der Waals surface area (Å²) >= 11 is 0. The number of nitro groups is 1. The highest BCUT2D eigenvalue weighted by molar-refractivity contribution is 5.74. The van der Waals surface area contributed by atoms with Crippen LogP contribution in [0.4, 0.5) is 5.69 Å². The molecule has 96 valence electrons. The zero-order valence-electron chi connectivity index (χ0n) is 9.83. The molecular weight excluding hydrogens is 238 g/mol. The first-order valence-corrected chi connectivity index (χ1v) is 5.64. The number of nitrogens with zero attached hydrogens (tertiary/aromatic N) is 1. The Morgan fingerprint density at radius 3 is 2.72 bits per heavy atom. The zero-order chi connectivity index (χ0) is 13.3. The Morgan fingerprint density at radius 2 is 2.22 bits per heavy atom. The van der Waals surface area contributed by atoms with E-state index in [1.807, 2.05) is 0 Å². The Bertz CT molecular complexity index is 495. The van der Waals surface area contributed by atoms with Crippen molar-refractivity contribution in [2.24, 2.45) is 5.92 Å². The summed E-state index contributed by atoms with van der Waals surface area (Å²) in [6, 6.07) is 4.52. The average molecular weight is 251 g/mol. The van der Waals surface area contributed by atoms with Crippen LogP contribution < -0.4 is 4.74 Å². The Morgan fingerprint density at radius 1 is 1.56 bits per heavy atom. The van der Waals surface area contributed by atoms with Crippen molar-refractivity contribution in [3.8, 4) is 5.75 Å². The molecule has 6 nitrogen and oxygen atoms in total. The average Bonchev–Trinajstić information content (AvgIpc) is 3.10. The minimum atomic E-state index is -1.07. The van der Waals surface area contributed by atoms with Gasteiger partial charge >= 0.3 is 11.7 Å². The molecule has 0 spiro atoms. The monoisotopic (exact) mass is 251 g/mol. The van der Waals surface area contributed by atoms with E-state index in [1.54, 1.807) is 19.1 Å². The fourth-order valence-corrected chi connectivity index (χ4v) is 1.81. The second-order valence-electron chi connectivity index (χ2n) is 4.39. The van der Waals surface area contributed by atoms with E-state index in [2.05, 4.69) is 0 Å². The third kappa shape index (κ3) is 2.42. The topological polar surface area (TPSA) is 89.7 Å². The lowest BCUT2D eigenvalue weighted by Gasteiger charge is -2.15. The van der Waals surface area contributed by atoms with E-state index < -0.39 is 17.0 Å². The SMILES string of the molecule is Cc1cccc([N+](=O)[O-])c1OC(C(=O)O)C1CC1. The van der Waals surface area contributed by atoms with Gasteiger partial charge in [-0.2, -0.15) is 0 Å². The van der Waals surface area contributed by atoms with E-state index in [0.29, 0.717) is 5.56 Å². The van der Waals surface area contributed by atoms with Gasteiger partial charge in [0.1, 0.15) is 0 Å². The third-order valence-corrected chi connectivity index (χ3v) is 2.93. The fourth-order valence-electron chi connectivity index (χ4n) is 1.81. The number of rotatable bonds is 5. The van der Waals surface area contributed by atoms with Crippen molar-refractivity contribution in [3.63, 3.8) is 0 Å². The van der Waals surface area contributed by atoms with Crippen molar-refractivity contribution in [3.05, 3.63) is 33.9 Å². The molecule has 1 aromatic carbocycles. The number of carbonyl (C=O) groups is 1. The van der Waals surface area contributed by atoms with Crippen molar-refractivity contribution in [1.29, 1.82) is 0 Å². The molecule has 18 heavy (non-hydrogen) atoms. The molecule has 6 heteroatoms. The Balaban J connectivity index is 2.32. The number of aryl methyl sites for hydroxylation is 1. The van der Waals surface area contributed by atoms with Crippen LogP contribution in [-0.4, -0.2) is 22.1 Å². The quantitative estimate of drug-likeness (QED) is 0.639. The molecule has 1 fully saturated rings. The van der Waals surface area contributed by atoms with Crippen LogP contribution in [0.25, 0.3) is 0 Å². The van der Waals surface area contributed by atoms with Crippen LogP contribution in [0.15, 0.2) is 18.2 Å². The number of ether oxygens (including phenoxy) is 1. The maximum absolute atomic E-state index is 11.1. The van der Waals surface area contributed by atoms with Crippen molar-refractivity contribution in [1.82, 2.24) is 0 Å². The smallest absolute Gasteiger partial charge is 0.345 e. The molecule has 0 saturated heterocycles. The fraction of sp³-hybridized carbons (Fsp3) is 0.417. The number of carboxylic acid groups (broad SMARTS) is 1. The highest BCUT2D eigenvalue weighted by Crippen LogP contribution is 2.38. The lowest BCUT2D eigenvalue weighted by molar-refractivity contribution is -0.386. The number of hydrogen-bond acceptors (Lipinski definition) is 4. The van der Waals surface area contributed by atoms with Gasteiger partial charge in [-0.05, 0) is 25.3 Å². The maximum atomic E-state index is 11.1. The van der Waals surface area contributed by atoms with Gasteiger partial charge in [-0.1, -0.05) is 12.1 Å². The summed E-state index contributed by atoms with van der Waals surface area (Å²) < 4.78 is 5.38. The first-order chi connectivity index (χ1) is 8.50. The number of nitro benzene ring substituents is 1. The molecule has 0 amide bonds. The van der Waals surface area contributed by atoms with Gasteiger partial charge in [-0.25, -0.2) is 4.79 Å². The molecule has 1 aliphatic rings. The number of para-hydroxylation sites is 1. The Hall–Kier alpha value is -2.11. The predicted molar refractivity (Wildman–Crippen MR) is 62.6 cm³/mol. The Kier molecular flexibility index (Phi) is 3.18. The number of hydrogen-bond donors (Lipinski definition) is 1. The molecule has 0 heterocycles. The summed E-state index contributed by atoms with van der Waals surface area (Å²) in [5, 5.41) is 20.0. The van der Waals surface area contributed by atoms with Gasteiger partial charge in [-0.3, -0.25) is 10.1 Å². The van der Waals surface area contributed by atoms with Gasteiger partial charge in [0.05, 0.1) is 4.92 Å².